The Hall–Kier alpha value is -2.47. The molecule has 1 aliphatic carbocycles. The van der Waals surface area contributed by atoms with Gasteiger partial charge in [-0.3, -0.25) is 9.46 Å². The lowest BCUT2D eigenvalue weighted by Gasteiger charge is -2.35. The smallest absolute Gasteiger partial charge is 0.416 e. The van der Waals surface area contributed by atoms with Gasteiger partial charge in [-0.25, -0.2) is 14.3 Å². The maximum absolute atomic E-state index is 13.9. The first-order valence-corrected chi connectivity index (χ1v) is 18.6. The van der Waals surface area contributed by atoms with Crippen molar-refractivity contribution in [1.29, 1.82) is 0 Å². The molecule has 2 aromatic rings. The minimum absolute atomic E-state index is 0.109. The van der Waals surface area contributed by atoms with Gasteiger partial charge in [0, 0.05) is 13.2 Å². The van der Waals surface area contributed by atoms with Gasteiger partial charge in [0.1, 0.15) is 23.9 Å². The average Bonchev–Trinajstić information content (AvgIpc) is 3.79. The molecule has 280 valence electrons. The number of nitrogens with zero attached hydrogens (tertiary/aromatic N) is 5. The first kappa shape index (κ1) is 38.8. The highest BCUT2D eigenvalue weighted by molar-refractivity contribution is 7.56. The molecule has 2 aliphatic heterocycles. The van der Waals surface area contributed by atoms with E-state index in [0.29, 0.717) is 5.39 Å². The van der Waals surface area contributed by atoms with Gasteiger partial charge in [0.2, 0.25) is 5.28 Å². The van der Waals surface area contributed by atoms with Crippen LogP contribution in [0.25, 0.3) is 11.0 Å². The Morgan fingerprint density at radius 1 is 1.12 bits per heavy atom. The Kier molecular flexibility index (Phi) is 11.5. The van der Waals surface area contributed by atoms with Crippen LogP contribution < -0.4 is 4.90 Å². The molecule has 1 amide bonds. The first-order chi connectivity index (χ1) is 23.5. The quantitative estimate of drug-likeness (QED) is 0.193. The van der Waals surface area contributed by atoms with Crippen LogP contribution in [0.2, 0.25) is 5.28 Å². The summed E-state index contributed by atoms with van der Waals surface area (Å²) in [6, 6.07) is -0.172. The fraction of sp³-hybridized carbons (Fsp3) is 0.774. The number of carbonyl (C=O) groups is 2. The SMILES string of the molecule is CCOP(=O)(OCC)[C@](COC)(OC[C@H]1O[C@@H](n2ncc3c(N(C(=O)OC(C)(C)C)C4CCCC4)nc(Cl)nc32)[C@@H]2OC(C)(C)O[C@@H]21)C(=O)O. The van der Waals surface area contributed by atoms with Crippen LogP contribution in [0.3, 0.4) is 0 Å². The van der Waals surface area contributed by atoms with Crippen LogP contribution in [-0.4, -0.2) is 112 Å². The number of ether oxygens (including phenoxy) is 6. The lowest BCUT2D eigenvalue weighted by molar-refractivity contribution is -0.209. The second kappa shape index (κ2) is 14.9. The Labute approximate surface area is 295 Å². The minimum atomic E-state index is -4.46. The number of aliphatic carboxylic acids is 1. The van der Waals surface area contributed by atoms with Gasteiger partial charge in [0.05, 0.1) is 38.0 Å². The van der Waals surface area contributed by atoms with Gasteiger partial charge >= 0.3 is 19.7 Å². The van der Waals surface area contributed by atoms with E-state index in [4.69, 9.17) is 49.1 Å². The summed E-state index contributed by atoms with van der Waals surface area (Å²) in [5.41, 5.74) is -0.507. The third-order valence-electron chi connectivity index (χ3n) is 8.48. The number of halogens is 1. The number of fused-ring (bicyclic) bond motifs is 2. The molecule has 1 saturated carbocycles. The van der Waals surface area contributed by atoms with Crippen molar-refractivity contribution in [2.24, 2.45) is 0 Å². The molecule has 2 aromatic heterocycles. The van der Waals surface area contributed by atoms with Crippen LogP contribution in [0, 0.1) is 0 Å². The normalized spacial score (nSPS) is 25.1. The molecule has 19 heteroatoms. The van der Waals surface area contributed by atoms with Crippen LogP contribution in [0.4, 0.5) is 10.6 Å². The third kappa shape index (κ3) is 7.53. The number of anilines is 1. The molecule has 0 spiro atoms. The molecule has 50 heavy (non-hydrogen) atoms. The summed E-state index contributed by atoms with van der Waals surface area (Å²) < 4.78 is 62.1. The monoisotopic (exact) mass is 747 g/mol. The van der Waals surface area contributed by atoms with Crippen molar-refractivity contribution < 1.29 is 56.7 Å². The van der Waals surface area contributed by atoms with Gasteiger partial charge in [0.25, 0.3) is 5.34 Å². The van der Waals surface area contributed by atoms with Crippen molar-refractivity contribution in [1.82, 2.24) is 19.7 Å². The summed E-state index contributed by atoms with van der Waals surface area (Å²) in [5.74, 6) is -2.43. The Morgan fingerprint density at radius 2 is 1.76 bits per heavy atom. The zero-order chi connectivity index (χ0) is 36.6. The van der Waals surface area contributed by atoms with E-state index >= 15 is 0 Å². The predicted molar refractivity (Wildman–Crippen MR) is 178 cm³/mol. The molecule has 17 nitrogen and oxygen atoms in total. The van der Waals surface area contributed by atoms with Crippen LogP contribution in [-0.2, 0) is 46.8 Å². The third-order valence-corrected chi connectivity index (χ3v) is 11.2. The fourth-order valence-electron chi connectivity index (χ4n) is 6.57. The number of rotatable bonds is 14. The number of methoxy groups -OCH3 is 1. The molecular formula is C31H47ClN5O12P. The zero-order valence-electron chi connectivity index (χ0n) is 29.6. The number of hydrogen-bond acceptors (Lipinski definition) is 14. The lowest BCUT2D eigenvalue weighted by Crippen LogP contribution is -2.49. The largest absolute Gasteiger partial charge is 0.479 e. The van der Waals surface area contributed by atoms with Gasteiger partial charge in [-0.15, -0.1) is 0 Å². The first-order valence-electron chi connectivity index (χ1n) is 16.7. The van der Waals surface area contributed by atoms with Crippen molar-refractivity contribution in [3.8, 4) is 0 Å². The molecule has 4 heterocycles. The van der Waals surface area contributed by atoms with Crippen LogP contribution in [0.5, 0.6) is 0 Å². The van der Waals surface area contributed by atoms with E-state index in [1.807, 2.05) is 0 Å². The molecule has 3 fully saturated rings. The second-order valence-corrected chi connectivity index (χ2v) is 16.3. The molecule has 5 atom stereocenters. The number of aromatic nitrogens is 4. The summed E-state index contributed by atoms with van der Waals surface area (Å²) in [6.45, 7) is 10.6. The van der Waals surface area contributed by atoms with E-state index < -0.39 is 74.1 Å². The number of carbonyl (C=O) groups excluding carboxylic acids is 1. The summed E-state index contributed by atoms with van der Waals surface area (Å²) >= 11 is 6.51. The van der Waals surface area contributed by atoms with Crippen molar-refractivity contribution in [3.05, 3.63) is 11.5 Å². The highest BCUT2D eigenvalue weighted by Crippen LogP contribution is 2.61. The highest BCUT2D eigenvalue weighted by Gasteiger charge is 2.62. The van der Waals surface area contributed by atoms with E-state index in [9.17, 15) is 19.3 Å². The Bertz CT molecular complexity index is 1590. The maximum atomic E-state index is 13.9. The predicted octanol–water partition coefficient (Wildman–Crippen LogP) is 5.29. The molecule has 0 unspecified atom stereocenters. The highest BCUT2D eigenvalue weighted by atomic mass is 35.5. The van der Waals surface area contributed by atoms with Crippen LogP contribution in [0.15, 0.2) is 6.20 Å². The molecule has 1 N–H and O–H groups in total. The van der Waals surface area contributed by atoms with E-state index in [1.165, 1.54) is 22.9 Å². The average molecular weight is 748 g/mol. The fourth-order valence-corrected chi connectivity index (χ4v) is 8.65. The van der Waals surface area contributed by atoms with Crippen molar-refractivity contribution in [2.45, 2.75) is 121 Å². The summed E-state index contributed by atoms with van der Waals surface area (Å²) in [4.78, 5) is 36.9. The molecule has 2 saturated heterocycles. The Morgan fingerprint density at radius 3 is 2.34 bits per heavy atom. The lowest BCUT2D eigenvalue weighted by atomic mass is 10.1. The molecule has 5 rings (SSSR count). The van der Waals surface area contributed by atoms with Crippen molar-refractivity contribution in [2.75, 3.05) is 38.4 Å². The number of carboxylic acids is 1. The molecule has 0 bridgehead atoms. The van der Waals surface area contributed by atoms with Gasteiger partial charge in [-0.2, -0.15) is 15.1 Å². The topological polar surface area (TPSA) is 192 Å². The van der Waals surface area contributed by atoms with Crippen LogP contribution >= 0.6 is 19.2 Å². The van der Waals surface area contributed by atoms with Crippen molar-refractivity contribution >= 4 is 48.1 Å². The van der Waals surface area contributed by atoms with Crippen LogP contribution in [0.1, 0.15) is 80.4 Å². The summed E-state index contributed by atoms with van der Waals surface area (Å²) in [7, 11) is -3.21. The van der Waals surface area contributed by atoms with E-state index in [0.717, 1.165) is 25.7 Å². The van der Waals surface area contributed by atoms with Gasteiger partial charge in [-0.05, 0) is 72.9 Å². The second-order valence-electron chi connectivity index (χ2n) is 13.7. The number of hydrogen-bond donors (Lipinski definition) is 1. The van der Waals surface area contributed by atoms with Gasteiger partial charge in [0.15, 0.2) is 23.5 Å². The Balaban J connectivity index is 1.52. The van der Waals surface area contributed by atoms with E-state index in [2.05, 4.69) is 15.1 Å². The molecule has 0 aromatic carbocycles. The number of carboxylic acid groups (broad SMARTS) is 1. The zero-order valence-corrected chi connectivity index (χ0v) is 31.3. The summed E-state index contributed by atoms with van der Waals surface area (Å²) in [6.07, 6.45) is 0.822. The maximum Gasteiger partial charge on any atom is 0.416 e. The number of amides is 1. The minimum Gasteiger partial charge on any atom is -0.479 e. The van der Waals surface area contributed by atoms with E-state index in [1.54, 1.807) is 48.5 Å². The molecule has 0 radical (unpaired) electrons. The molecule has 3 aliphatic rings. The van der Waals surface area contributed by atoms with Crippen molar-refractivity contribution in [3.63, 3.8) is 0 Å². The molecular weight excluding hydrogens is 701 g/mol. The van der Waals surface area contributed by atoms with Gasteiger partial charge in [-0.1, -0.05) is 12.8 Å². The van der Waals surface area contributed by atoms with E-state index in [-0.39, 0.29) is 36.0 Å². The standard InChI is InChI=1S/C31H47ClN5O12P/c1-9-44-50(41,45-10-2)31(17-42-8,26(38)39)43-16-20-21-22(48-30(6,7)47-21)25(46-20)37-24-19(15-33-37)23(34-27(32)35-24)36(18-13-11-12-14-18)28(40)49-29(3,4)5/h15,18,20-22,25H,9-14,16-17H2,1-8H3,(H,38,39)/t20-,21-,22-,25-,31+/m1/s1. The summed E-state index contributed by atoms with van der Waals surface area (Å²) in [5, 5.41) is 12.7. The van der Waals surface area contributed by atoms with Gasteiger partial charge < -0.3 is 42.6 Å².